The van der Waals surface area contributed by atoms with Gasteiger partial charge in [-0.15, -0.1) is 0 Å². The number of carbonyl (C=O) groups is 1. The van der Waals surface area contributed by atoms with E-state index in [0.717, 1.165) is 4.47 Å². The Morgan fingerprint density at radius 3 is 2.79 bits per heavy atom. The maximum Gasteiger partial charge on any atom is 0.307 e. The molecule has 0 radical (unpaired) electrons. The molecular weight excluding hydrogens is 497 g/mol. The fourth-order valence-electron chi connectivity index (χ4n) is 1.89. The average Bonchev–Trinajstić information content (AvgIpc) is 3.10. The molecule has 0 atom stereocenters. The van der Waals surface area contributed by atoms with E-state index in [1.165, 1.54) is 30.5 Å². The average molecular weight is 504 g/mol. The van der Waals surface area contributed by atoms with Gasteiger partial charge in [-0.05, 0) is 28.1 Å². The first-order chi connectivity index (χ1) is 11.4. The summed E-state index contributed by atoms with van der Waals surface area (Å²) in [6.45, 7) is 0. The van der Waals surface area contributed by atoms with Gasteiger partial charge < -0.3 is 8.83 Å². The highest BCUT2D eigenvalue weighted by Gasteiger charge is 2.14. The summed E-state index contributed by atoms with van der Waals surface area (Å²) in [6.07, 6.45) is 1.35. The number of hydrogen-bond donors (Lipinski definition) is 1. The predicted molar refractivity (Wildman–Crippen MR) is 97.1 cm³/mol. The number of furan rings is 2. The van der Waals surface area contributed by atoms with E-state index in [0.29, 0.717) is 20.5 Å². The molecule has 2 aromatic heterocycles. The van der Waals surface area contributed by atoms with E-state index in [1.807, 2.05) is 22.6 Å². The lowest BCUT2D eigenvalue weighted by atomic mass is 10.2. The van der Waals surface area contributed by atoms with Crippen LogP contribution in [0.5, 0.6) is 0 Å². The number of fused-ring (bicyclic) bond motifs is 1. The van der Waals surface area contributed by atoms with Crippen molar-refractivity contribution in [2.24, 2.45) is 5.10 Å². The van der Waals surface area contributed by atoms with Crippen LogP contribution in [-0.4, -0.2) is 17.0 Å². The highest BCUT2D eigenvalue weighted by Crippen LogP contribution is 2.24. The molecule has 3 rings (SSSR count). The molecule has 3 aromatic rings. The molecule has 0 saturated heterocycles. The molecule has 1 N–H and O–H groups in total. The van der Waals surface area contributed by atoms with Gasteiger partial charge in [0, 0.05) is 46.2 Å². The van der Waals surface area contributed by atoms with Crippen LogP contribution in [0.4, 0.5) is 5.69 Å². The molecule has 10 heteroatoms. The molecule has 1 amide bonds. The van der Waals surface area contributed by atoms with Gasteiger partial charge in [-0.1, -0.05) is 0 Å². The number of halogens is 2. The molecule has 0 bridgehead atoms. The van der Waals surface area contributed by atoms with Crippen molar-refractivity contribution in [3.8, 4) is 0 Å². The minimum Gasteiger partial charge on any atom is -0.451 e. The van der Waals surface area contributed by atoms with Gasteiger partial charge >= 0.3 is 5.91 Å². The fraction of sp³-hybridized carbons (Fsp3) is 0. The lowest BCUT2D eigenvalue weighted by Gasteiger charge is -1.93. The summed E-state index contributed by atoms with van der Waals surface area (Å²) in [5.41, 5.74) is 2.60. The second-order valence-corrected chi connectivity index (χ2v) is 6.39. The SMILES string of the molecule is O=C(N/N=C\c1cc(Br)c(I)o1)c1cc2cc([N+](=O)[O-])ccc2o1. The van der Waals surface area contributed by atoms with Crippen molar-refractivity contribution >= 4 is 67.3 Å². The summed E-state index contributed by atoms with van der Waals surface area (Å²) in [7, 11) is 0. The molecule has 2 heterocycles. The zero-order valence-electron chi connectivity index (χ0n) is 11.7. The van der Waals surface area contributed by atoms with Crippen LogP contribution in [-0.2, 0) is 0 Å². The molecular formula is C14H7BrIN3O5. The van der Waals surface area contributed by atoms with Gasteiger partial charge in [0.05, 0.1) is 15.6 Å². The number of benzene rings is 1. The maximum atomic E-state index is 12.0. The number of nitrogens with one attached hydrogen (secondary N) is 1. The minimum atomic E-state index is -0.578. The quantitative estimate of drug-likeness (QED) is 0.250. The van der Waals surface area contributed by atoms with Crippen LogP contribution in [0, 0.1) is 13.9 Å². The van der Waals surface area contributed by atoms with Crippen molar-refractivity contribution in [3.05, 3.63) is 60.2 Å². The first-order valence-corrected chi connectivity index (χ1v) is 8.27. The van der Waals surface area contributed by atoms with Gasteiger partial charge in [0.2, 0.25) is 0 Å². The molecule has 122 valence electrons. The van der Waals surface area contributed by atoms with Gasteiger partial charge in [0.25, 0.3) is 5.69 Å². The number of carbonyl (C=O) groups excluding carboxylic acids is 1. The summed E-state index contributed by atoms with van der Waals surface area (Å²) >= 11 is 5.31. The van der Waals surface area contributed by atoms with E-state index in [-0.39, 0.29) is 11.4 Å². The third-order valence-electron chi connectivity index (χ3n) is 2.96. The number of hydrazone groups is 1. The van der Waals surface area contributed by atoms with Gasteiger partial charge in [-0.3, -0.25) is 14.9 Å². The Morgan fingerprint density at radius 1 is 1.33 bits per heavy atom. The second kappa shape index (κ2) is 6.73. The summed E-state index contributed by atoms with van der Waals surface area (Å²) in [5.74, 6) is -0.116. The van der Waals surface area contributed by atoms with Crippen LogP contribution in [0.15, 0.2) is 48.7 Å². The number of nitrogens with zero attached hydrogens (tertiary/aromatic N) is 2. The largest absolute Gasteiger partial charge is 0.451 e. The summed E-state index contributed by atoms with van der Waals surface area (Å²) < 4.78 is 12.1. The zero-order chi connectivity index (χ0) is 17.3. The highest BCUT2D eigenvalue weighted by atomic mass is 127. The molecule has 0 saturated carbocycles. The van der Waals surface area contributed by atoms with Crippen LogP contribution >= 0.6 is 38.5 Å². The van der Waals surface area contributed by atoms with Crippen LogP contribution < -0.4 is 5.43 Å². The Labute approximate surface area is 156 Å². The van der Waals surface area contributed by atoms with Crippen LogP contribution in [0.3, 0.4) is 0 Å². The first kappa shape index (κ1) is 16.6. The van der Waals surface area contributed by atoms with Gasteiger partial charge in [0.1, 0.15) is 11.3 Å². The van der Waals surface area contributed by atoms with Gasteiger partial charge in [0.15, 0.2) is 9.53 Å². The van der Waals surface area contributed by atoms with E-state index in [1.54, 1.807) is 6.07 Å². The van der Waals surface area contributed by atoms with E-state index in [9.17, 15) is 14.9 Å². The lowest BCUT2D eigenvalue weighted by Crippen LogP contribution is -2.16. The van der Waals surface area contributed by atoms with Gasteiger partial charge in [-0.25, -0.2) is 5.43 Å². The standard InChI is InChI=1S/C14H7BrIN3O5/c15-10-5-9(23-13(10)16)6-17-18-14(20)12-4-7-3-8(19(21)22)1-2-11(7)24-12/h1-6H,(H,18,20)/b17-6-. The maximum absolute atomic E-state index is 12.0. The molecule has 24 heavy (non-hydrogen) atoms. The lowest BCUT2D eigenvalue weighted by molar-refractivity contribution is -0.384. The Kier molecular flexibility index (Phi) is 4.66. The topological polar surface area (TPSA) is 111 Å². The third kappa shape index (κ3) is 3.48. The van der Waals surface area contributed by atoms with Crippen molar-refractivity contribution in [2.75, 3.05) is 0 Å². The predicted octanol–water partition coefficient (Wildman–Crippen LogP) is 4.07. The normalized spacial score (nSPS) is 11.2. The van der Waals surface area contributed by atoms with E-state index >= 15 is 0 Å². The monoisotopic (exact) mass is 503 g/mol. The molecule has 0 aliphatic carbocycles. The molecule has 0 aliphatic rings. The Bertz CT molecular complexity index is 959. The number of amides is 1. The van der Waals surface area contributed by atoms with Crippen LogP contribution in [0.2, 0.25) is 0 Å². The molecule has 0 aliphatic heterocycles. The number of nitro benzene ring substituents is 1. The van der Waals surface area contributed by atoms with Crippen molar-refractivity contribution in [3.63, 3.8) is 0 Å². The first-order valence-electron chi connectivity index (χ1n) is 6.40. The van der Waals surface area contributed by atoms with Crippen LogP contribution in [0.1, 0.15) is 16.3 Å². The Balaban J connectivity index is 1.75. The molecule has 0 spiro atoms. The molecule has 0 unspecified atom stereocenters. The van der Waals surface area contributed by atoms with Crippen molar-refractivity contribution in [1.82, 2.24) is 5.43 Å². The number of hydrogen-bond acceptors (Lipinski definition) is 6. The van der Waals surface area contributed by atoms with Crippen molar-refractivity contribution < 1.29 is 18.6 Å². The smallest absolute Gasteiger partial charge is 0.307 e. The second-order valence-electron chi connectivity index (χ2n) is 4.56. The molecule has 8 nitrogen and oxygen atoms in total. The van der Waals surface area contributed by atoms with E-state index in [2.05, 4.69) is 26.5 Å². The fourth-order valence-corrected chi connectivity index (χ4v) is 2.61. The van der Waals surface area contributed by atoms with Gasteiger partial charge in [-0.2, -0.15) is 5.10 Å². The summed E-state index contributed by atoms with van der Waals surface area (Å²) in [4.78, 5) is 22.2. The Morgan fingerprint density at radius 2 is 2.12 bits per heavy atom. The Hall–Kier alpha value is -2.21. The van der Waals surface area contributed by atoms with E-state index in [4.69, 9.17) is 8.83 Å². The summed E-state index contributed by atoms with van der Waals surface area (Å²) in [5, 5.41) is 15.0. The zero-order valence-corrected chi connectivity index (χ0v) is 15.4. The highest BCUT2D eigenvalue weighted by molar-refractivity contribution is 14.1. The minimum absolute atomic E-state index is 0.00199. The van der Waals surface area contributed by atoms with E-state index < -0.39 is 10.8 Å². The van der Waals surface area contributed by atoms with Crippen molar-refractivity contribution in [1.29, 1.82) is 0 Å². The number of non-ortho nitro benzene ring substituents is 1. The number of nitro groups is 1. The summed E-state index contributed by atoms with van der Waals surface area (Å²) in [6, 6.07) is 7.20. The third-order valence-corrected chi connectivity index (χ3v) is 5.09. The molecule has 1 aromatic carbocycles. The van der Waals surface area contributed by atoms with Crippen LogP contribution in [0.25, 0.3) is 11.0 Å². The van der Waals surface area contributed by atoms with Crippen molar-refractivity contribution in [2.45, 2.75) is 0 Å². The number of rotatable bonds is 4. The molecule has 0 fully saturated rings.